The lowest BCUT2D eigenvalue weighted by Crippen LogP contribution is -2.35. The van der Waals surface area contributed by atoms with E-state index in [1.807, 2.05) is 6.07 Å². The summed E-state index contributed by atoms with van der Waals surface area (Å²) in [5.41, 5.74) is 0.864. The third-order valence-electron chi connectivity index (χ3n) is 4.24. The number of methoxy groups -OCH3 is 1. The van der Waals surface area contributed by atoms with Gasteiger partial charge in [0.05, 0.1) is 13.4 Å². The van der Waals surface area contributed by atoms with Crippen LogP contribution in [0.25, 0.3) is 0 Å². The fourth-order valence-corrected chi connectivity index (χ4v) is 2.90. The molecule has 1 aliphatic carbocycles. The van der Waals surface area contributed by atoms with Gasteiger partial charge in [-0.2, -0.15) is 0 Å². The van der Waals surface area contributed by atoms with Crippen LogP contribution in [0.4, 0.5) is 0 Å². The van der Waals surface area contributed by atoms with Gasteiger partial charge in [-0.3, -0.25) is 4.90 Å². The first-order chi connectivity index (χ1) is 9.65. The molecule has 2 rings (SSSR count). The highest BCUT2D eigenvalue weighted by molar-refractivity contribution is 5.87. The van der Waals surface area contributed by atoms with E-state index in [1.165, 1.54) is 13.4 Å². The van der Waals surface area contributed by atoms with Crippen molar-refractivity contribution < 1.29 is 19.1 Å². The lowest BCUT2D eigenvalue weighted by atomic mass is 9.86. The first-order valence-corrected chi connectivity index (χ1v) is 7.11. The average Bonchev–Trinajstić information content (AvgIpc) is 2.94. The lowest BCUT2D eigenvalue weighted by molar-refractivity contribution is 0.0560. The summed E-state index contributed by atoms with van der Waals surface area (Å²) in [5.74, 6) is 0.324. The summed E-state index contributed by atoms with van der Waals surface area (Å²) < 4.78 is 9.92. The molecule has 0 aliphatic heterocycles. The Balaban J connectivity index is 1.93. The Bertz CT molecular complexity index is 435. The van der Waals surface area contributed by atoms with E-state index in [-0.39, 0.29) is 0 Å². The van der Waals surface area contributed by atoms with E-state index in [0.29, 0.717) is 30.9 Å². The van der Waals surface area contributed by atoms with E-state index < -0.39 is 5.97 Å². The van der Waals surface area contributed by atoms with Crippen molar-refractivity contribution in [2.24, 2.45) is 5.92 Å². The van der Waals surface area contributed by atoms with Gasteiger partial charge in [-0.05, 0) is 44.7 Å². The highest BCUT2D eigenvalue weighted by Gasteiger charge is 2.25. The van der Waals surface area contributed by atoms with Crippen molar-refractivity contribution in [3.05, 3.63) is 23.7 Å². The molecular weight excluding hydrogens is 258 g/mol. The Labute approximate surface area is 119 Å². The quantitative estimate of drug-likeness (QED) is 0.837. The molecular formula is C15H23NO4. The molecule has 0 bridgehead atoms. The summed E-state index contributed by atoms with van der Waals surface area (Å²) in [5, 5.41) is 9.17. The second-order valence-corrected chi connectivity index (χ2v) is 5.54. The molecule has 1 heterocycles. The highest BCUT2D eigenvalue weighted by Crippen LogP contribution is 2.28. The zero-order chi connectivity index (χ0) is 14.5. The Morgan fingerprint density at radius 2 is 2.15 bits per heavy atom. The third-order valence-corrected chi connectivity index (χ3v) is 4.24. The summed E-state index contributed by atoms with van der Waals surface area (Å²) in [6.45, 7) is 0.972. The molecule has 1 aromatic heterocycles. The fraction of sp³-hybridized carbons (Fsp3) is 0.667. The second-order valence-electron chi connectivity index (χ2n) is 5.54. The van der Waals surface area contributed by atoms with Crippen LogP contribution in [0.15, 0.2) is 16.7 Å². The molecule has 0 aromatic carbocycles. The number of furan rings is 1. The van der Waals surface area contributed by atoms with Crippen molar-refractivity contribution in [2.45, 2.75) is 38.3 Å². The summed E-state index contributed by atoms with van der Waals surface area (Å²) in [7, 11) is 3.42. The minimum atomic E-state index is -0.428. The fourth-order valence-electron chi connectivity index (χ4n) is 2.90. The number of carbonyl (C=O) groups is 1. The molecule has 112 valence electrons. The van der Waals surface area contributed by atoms with Gasteiger partial charge in [0.25, 0.3) is 0 Å². The number of hydrogen-bond donors (Lipinski definition) is 1. The number of aliphatic hydroxyl groups is 1. The maximum Gasteiger partial charge on any atom is 0.374 e. The number of hydrogen-bond acceptors (Lipinski definition) is 5. The predicted molar refractivity (Wildman–Crippen MR) is 74.3 cm³/mol. The second kappa shape index (κ2) is 6.90. The Morgan fingerprint density at radius 3 is 2.75 bits per heavy atom. The van der Waals surface area contributed by atoms with E-state index in [4.69, 9.17) is 9.15 Å². The largest absolute Gasteiger partial charge is 0.463 e. The van der Waals surface area contributed by atoms with E-state index in [9.17, 15) is 9.90 Å². The van der Waals surface area contributed by atoms with Crippen molar-refractivity contribution in [3.63, 3.8) is 0 Å². The Hall–Kier alpha value is -1.33. The van der Waals surface area contributed by atoms with Crippen LogP contribution in [0.3, 0.4) is 0 Å². The molecule has 0 amide bonds. The number of nitrogens with zero attached hydrogens (tertiary/aromatic N) is 1. The van der Waals surface area contributed by atoms with Gasteiger partial charge >= 0.3 is 5.97 Å². The van der Waals surface area contributed by atoms with Gasteiger partial charge in [0, 0.05) is 24.8 Å². The molecule has 5 heteroatoms. The van der Waals surface area contributed by atoms with Crippen molar-refractivity contribution in [3.8, 4) is 0 Å². The number of ether oxygens (including phenoxy) is 1. The summed E-state index contributed by atoms with van der Waals surface area (Å²) in [4.78, 5) is 13.8. The summed E-state index contributed by atoms with van der Waals surface area (Å²) >= 11 is 0. The lowest BCUT2D eigenvalue weighted by Gasteiger charge is -2.34. The zero-order valence-electron chi connectivity index (χ0n) is 12.2. The minimum Gasteiger partial charge on any atom is -0.463 e. The SMILES string of the molecule is COC(=O)c1occc1CN(C)C1CCC(CO)CC1. The maximum absolute atomic E-state index is 11.6. The Morgan fingerprint density at radius 1 is 1.45 bits per heavy atom. The molecule has 1 fully saturated rings. The predicted octanol–water partition coefficient (Wildman–Crippen LogP) is 2.05. The van der Waals surface area contributed by atoms with Crippen LogP contribution in [0, 0.1) is 5.92 Å². The smallest absolute Gasteiger partial charge is 0.374 e. The molecule has 1 aliphatic rings. The van der Waals surface area contributed by atoms with Gasteiger partial charge in [0.2, 0.25) is 5.76 Å². The number of rotatable bonds is 5. The molecule has 1 saturated carbocycles. The van der Waals surface area contributed by atoms with Gasteiger partial charge in [0.15, 0.2) is 0 Å². The van der Waals surface area contributed by atoms with Gasteiger partial charge in [0.1, 0.15) is 0 Å². The summed E-state index contributed by atoms with van der Waals surface area (Å²) in [6, 6.07) is 2.32. The van der Waals surface area contributed by atoms with Crippen LogP contribution in [0.1, 0.15) is 41.8 Å². The van der Waals surface area contributed by atoms with Crippen molar-refractivity contribution in [1.82, 2.24) is 4.90 Å². The number of aliphatic hydroxyl groups excluding tert-OH is 1. The molecule has 1 N–H and O–H groups in total. The molecule has 0 saturated heterocycles. The number of esters is 1. The van der Waals surface area contributed by atoms with Crippen molar-refractivity contribution in [2.75, 3.05) is 20.8 Å². The molecule has 0 radical (unpaired) electrons. The van der Waals surface area contributed by atoms with Crippen LogP contribution in [0.2, 0.25) is 0 Å². The van der Waals surface area contributed by atoms with Gasteiger partial charge in [-0.25, -0.2) is 4.79 Å². The first-order valence-electron chi connectivity index (χ1n) is 7.11. The van der Waals surface area contributed by atoms with E-state index in [2.05, 4.69) is 11.9 Å². The van der Waals surface area contributed by atoms with E-state index in [1.54, 1.807) is 0 Å². The molecule has 20 heavy (non-hydrogen) atoms. The summed E-state index contributed by atoms with van der Waals surface area (Å²) in [6.07, 6.45) is 5.85. The topological polar surface area (TPSA) is 62.9 Å². The molecule has 5 nitrogen and oxygen atoms in total. The van der Waals surface area contributed by atoms with Crippen LogP contribution in [0.5, 0.6) is 0 Å². The molecule has 0 unspecified atom stereocenters. The molecule has 0 atom stereocenters. The zero-order valence-corrected chi connectivity index (χ0v) is 12.2. The monoisotopic (exact) mass is 281 g/mol. The van der Waals surface area contributed by atoms with Gasteiger partial charge in [-0.1, -0.05) is 0 Å². The maximum atomic E-state index is 11.6. The van der Waals surface area contributed by atoms with E-state index >= 15 is 0 Å². The minimum absolute atomic E-state index is 0.295. The van der Waals surface area contributed by atoms with Crippen molar-refractivity contribution in [1.29, 1.82) is 0 Å². The number of carbonyl (C=O) groups excluding carboxylic acids is 1. The normalized spacial score (nSPS) is 23.0. The van der Waals surface area contributed by atoms with Gasteiger partial charge < -0.3 is 14.3 Å². The van der Waals surface area contributed by atoms with Crippen molar-refractivity contribution >= 4 is 5.97 Å². The van der Waals surface area contributed by atoms with Crippen LogP contribution in [-0.2, 0) is 11.3 Å². The Kier molecular flexibility index (Phi) is 5.20. The molecule has 1 aromatic rings. The van der Waals surface area contributed by atoms with Gasteiger partial charge in [-0.15, -0.1) is 0 Å². The third kappa shape index (κ3) is 3.41. The van der Waals surface area contributed by atoms with Crippen LogP contribution >= 0.6 is 0 Å². The van der Waals surface area contributed by atoms with E-state index in [0.717, 1.165) is 31.2 Å². The average molecular weight is 281 g/mol. The first kappa shape index (κ1) is 15.1. The molecule has 0 spiro atoms. The highest BCUT2D eigenvalue weighted by atomic mass is 16.5. The van der Waals surface area contributed by atoms with Crippen LogP contribution < -0.4 is 0 Å². The van der Waals surface area contributed by atoms with Crippen LogP contribution in [-0.4, -0.2) is 42.8 Å². The standard InChI is InChI=1S/C15H23NO4/c1-16(13-5-3-11(10-17)4-6-13)9-12-7-8-20-14(12)15(18)19-2/h7-8,11,13,17H,3-6,9-10H2,1-2H3.